The molecule has 24 heavy (non-hydrogen) atoms. The minimum atomic E-state index is -0.659. The molecular formula is C14H14N4O6. The van der Waals surface area contributed by atoms with Crippen molar-refractivity contribution in [2.75, 3.05) is 19.5 Å². The van der Waals surface area contributed by atoms with Gasteiger partial charge in [0.05, 0.1) is 42.8 Å². The highest BCUT2D eigenvalue weighted by Crippen LogP contribution is 2.23. The predicted octanol–water partition coefficient (Wildman–Crippen LogP) is 1.23. The molecule has 0 saturated heterocycles. The minimum absolute atomic E-state index is 0.122. The molecule has 1 aromatic heterocycles. The zero-order valence-corrected chi connectivity index (χ0v) is 12.9. The highest BCUT2D eigenvalue weighted by molar-refractivity contribution is 6.01. The Labute approximate surface area is 136 Å². The van der Waals surface area contributed by atoms with Crippen LogP contribution < -0.4 is 10.1 Å². The minimum Gasteiger partial charge on any atom is -0.497 e. The highest BCUT2D eigenvalue weighted by atomic mass is 16.6. The number of nitro groups is 1. The van der Waals surface area contributed by atoms with Crippen LogP contribution in [0.1, 0.15) is 10.4 Å². The zero-order valence-electron chi connectivity index (χ0n) is 12.9. The van der Waals surface area contributed by atoms with Gasteiger partial charge in [0.15, 0.2) is 0 Å². The normalized spacial score (nSPS) is 10.1. The van der Waals surface area contributed by atoms with E-state index in [2.05, 4.69) is 15.2 Å². The SMILES string of the molecule is COC(=O)c1cc(OC)ccc1NC(=O)Cn1ccc([N+](=O)[O-])n1. The number of esters is 1. The summed E-state index contributed by atoms with van der Waals surface area (Å²) in [5.41, 5.74) is 0.353. The van der Waals surface area contributed by atoms with Gasteiger partial charge in [0.1, 0.15) is 12.3 Å². The van der Waals surface area contributed by atoms with E-state index in [0.717, 1.165) is 4.68 Å². The second-order valence-corrected chi connectivity index (χ2v) is 4.58. The lowest BCUT2D eigenvalue weighted by Crippen LogP contribution is -2.21. The Bertz CT molecular complexity index is 785. The number of rotatable bonds is 6. The fourth-order valence-corrected chi connectivity index (χ4v) is 1.91. The summed E-state index contributed by atoms with van der Waals surface area (Å²) in [5.74, 6) is -1.08. The maximum Gasteiger partial charge on any atom is 0.389 e. The summed E-state index contributed by atoms with van der Waals surface area (Å²) in [4.78, 5) is 33.8. The highest BCUT2D eigenvalue weighted by Gasteiger charge is 2.17. The van der Waals surface area contributed by atoms with Crippen LogP contribution in [-0.2, 0) is 16.1 Å². The van der Waals surface area contributed by atoms with Gasteiger partial charge >= 0.3 is 11.8 Å². The van der Waals surface area contributed by atoms with Crippen molar-refractivity contribution in [3.8, 4) is 5.75 Å². The van der Waals surface area contributed by atoms with Crippen molar-refractivity contribution in [3.63, 3.8) is 0 Å². The summed E-state index contributed by atoms with van der Waals surface area (Å²) in [7, 11) is 2.66. The lowest BCUT2D eigenvalue weighted by molar-refractivity contribution is -0.389. The monoisotopic (exact) mass is 334 g/mol. The summed E-state index contributed by atoms with van der Waals surface area (Å²) >= 11 is 0. The Hall–Kier alpha value is -3.43. The van der Waals surface area contributed by atoms with Crippen LogP contribution >= 0.6 is 0 Å². The molecule has 2 aromatic rings. The zero-order chi connectivity index (χ0) is 17.7. The number of benzene rings is 1. The van der Waals surface area contributed by atoms with Crippen LogP contribution in [0.3, 0.4) is 0 Å². The van der Waals surface area contributed by atoms with Gasteiger partial charge in [-0.3, -0.25) is 4.79 Å². The first-order valence-electron chi connectivity index (χ1n) is 6.68. The number of methoxy groups -OCH3 is 2. The van der Waals surface area contributed by atoms with Gasteiger partial charge in [-0.25, -0.2) is 4.79 Å². The third-order valence-corrected chi connectivity index (χ3v) is 3.03. The van der Waals surface area contributed by atoms with Gasteiger partial charge in [0, 0.05) is 0 Å². The number of carbonyl (C=O) groups is 2. The summed E-state index contributed by atoms with van der Waals surface area (Å²) in [6, 6.07) is 5.68. The van der Waals surface area contributed by atoms with Crippen molar-refractivity contribution in [2.24, 2.45) is 0 Å². The van der Waals surface area contributed by atoms with E-state index in [-0.39, 0.29) is 23.6 Å². The first-order valence-corrected chi connectivity index (χ1v) is 6.68. The Morgan fingerprint density at radius 3 is 2.67 bits per heavy atom. The van der Waals surface area contributed by atoms with Gasteiger partial charge in [-0.2, -0.15) is 4.68 Å². The van der Waals surface area contributed by atoms with Gasteiger partial charge in [0.2, 0.25) is 5.91 Å². The van der Waals surface area contributed by atoms with Crippen molar-refractivity contribution in [1.82, 2.24) is 9.78 Å². The van der Waals surface area contributed by atoms with E-state index in [1.165, 1.54) is 38.6 Å². The molecule has 0 atom stereocenters. The maximum atomic E-state index is 12.1. The number of hydrogen-bond donors (Lipinski definition) is 1. The van der Waals surface area contributed by atoms with Crippen LogP contribution in [0.5, 0.6) is 5.75 Å². The number of ether oxygens (including phenoxy) is 2. The van der Waals surface area contributed by atoms with E-state index in [1.54, 1.807) is 6.07 Å². The third-order valence-electron chi connectivity index (χ3n) is 3.03. The first-order chi connectivity index (χ1) is 11.4. The Kier molecular flexibility index (Phi) is 5.09. The molecule has 0 aliphatic heterocycles. The molecule has 10 nitrogen and oxygen atoms in total. The fraction of sp³-hybridized carbons (Fsp3) is 0.214. The number of hydrogen-bond acceptors (Lipinski definition) is 7. The molecule has 0 radical (unpaired) electrons. The van der Waals surface area contributed by atoms with Crippen molar-refractivity contribution >= 4 is 23.4 Å². The van der Waals surface area contributed by atoms with Crippen molar-refractivity contribution in [3.05, 3.63) is 46.1 Å². The second kappa shape index (κ2) is 7.22. The molecule has 1 amide bonds. The van der Waals surface area contributed by atoms with Gasteiger partial charge in [-0.1, -0.05) is 0 Å². The third kappa shape index (κ3) is 3.85. The number of nitrogens with zero attached hydrogens (tertiary/aromatic N) is 3. The molecule has 10 heteroatoms. The molecular weight excluding hydrogens is 320 g/mol. The molecule has 1 aromatic carbocycles. The smallest absolute Gasteiger partial charge is 0.389 e. The fourth-order valence-electron chi connectivity index (χ4n) is 1.91. The Morgan fingerprint density at radius 1 is 1.33 bits per heavy atom. The predicted molar refractivity (Wildman–Crippen MR) is 81.8 cm³/mol. The van der Waals surface area contributed by atoms with Crippen LogP contribution in [-0.4, -0.2) is 40.8 Å². The van der Waals surface area contributed by atoms with Crippen LogP contribution in [0.15, 0.2) is 30.5 Å². The topological polar surface area (TPSA) is 126 Å². The van der Waals surface area contributed by atoms with E-state index in [4.69, 9.17) is 4.74 Å². The number of nitrogens with one attached hydrogen (secondary N) is 1. The number of anilines is 1. The number of aromatic nitrogens is 2. The molecule has 0 saturated carbocycles. The van der Waals surface area contributed by atoms with E-state index in [9.17, 15) is 19.7 Å². The van der Waals surface area contributed by atoms with Crippen LogP contribution in [0.25, 0.3) is 0 Å². The van der Waals surface area contributed by atoms with E-state index in [1.807, 2.05) is 0 Å². The number of amides is 1. The van der Waals surface area contributed by atoms with Crippen LogP contribution in [0.4, 0.5) is 11.5 Å². The molecule has 0 aliphatic carbocycles. The summed E-state index contributed by atoms with van der Waals surface area (Å²) in [6.45, 7) is -0.250. The maximum absolute atomic E-state index is 12.1. The van der Waals surface area contributed by atoms with E-state index in [0.29, 0.717) is 5.75 Å². The molecule has 0 spiro atoms. The second-order valence-electron chi connectivity index (χ2n) is 4.58. The first kappa shape index (κ1) is 16.9. The summed E-state index contributed by atoms with van der Waals surface area (Å²) in [5, 5.41) is 16.7. The molecule has 0 fully saturated rings. The van der Waals surface area contributed by atoms with Gasteiger partial charge < -0.3 is 24.9 Å². The van der Waals surface area contributed by atoms with Crippen molar-refractivity contribution < 1.29 is 24.0 Å². The van der Waals surface area contributed by atoms with Crippen molar-refractivity contribution in [2.45, 2.75) is 6.54 Å². The molecule has 1 heterocycles. The molecule has 0 bridgehead atoms. The van der Waals surface area contributed by atoms with E-state index >= 15 is 0 Å². The molecule has 2 rings (SSSR count). The molecule has 126 valence electrons. The Morgan fingerprint density at radius 2 is 2.08 bits per heavy atom. The van der Waals surface area contributed by atoms with Gasteiger partial charge in [-0.15, -0.1) is 0 Å². The van der Waals surface area contributed by atoms with Crippen molar-refractivity contribution in [1.29, 1.82) is 0 Å². The lowest BCUT2D eigenvalue weighted by atomic mass is 10.1. The summed E-state index contributed by atoms with van der Waals surface area (Å²) in [6.07, 6.45) is 1.31. The largest absolute Gasteiger partial charge is 0.497 e. The lowest BCUT2D eigenvalue weighted by Gasteiger charge is -2.11. The average Bonchev–Trinajstić information content (AvgIpc) is 3.03. The van der Waals surface area contributed by atoms with Crippen LogP contribution in [0, 0.1) is 10.1 Å². The Balaban J connectivity index is 2.15. The van der Waals surface area contributed by atoms with Gasteiger partial charge in [-0.05, 0) is 23.1 Å². The molecule has 0 unspecified atom stereocenters. The van der Waals surface area contributed by atoms with Crippen LogP contribution in [0.2, 0.25) is 0 Å². The molecule has 1 N–H and O–H groups in total. The molecule has 0 aliphatic rings. The van der Waals surface area contributed by atoms with Gasteiger partial charge in [0.25, 0.3) is 0 Å². The summed E-state index contributed by atoms with van der Waals surface area (Å²) < 4.78 is 10.8. The quantitative estimate of drug-likeness (QED) is 0.478. The standard InChI is InChI=1S/C14H14N4O6/c1-23-9-3-4-11(10(7-9)14(20)24-2)15-13(19)8-17-6-5-12(16-17)18(21)22/h3-7H,8H2,1-2H3,(H,15,19). The average molecular weight is 334 g/mol. The van der Waals surface area contributed by atoms with E-state index < -0.39 is 16.8 Å². The number of carbonyl (C=O) groups excluding carboxylic acids is 2.